The molecule has 0 unspecified atom stereocenters. The molecule has 0 radical (unpaired) electrons. The monoisotopic (exact) mass is 496 g/mol. The van der Waals surface area contributed by atoms with Crippen LogP contribution in [0.3, 0.4) is 0 Å². The number of anilines is 2. The second-order valence-electron chi connectivity index (χ2n) is 4.84. The lowest BCUT2D eigenvalue weighted by molar-refractivity contribution is 0.167. The van der Waals surface area contributed by atoms with Gasteiger partial charge in [-0.2, -0.15) is 0 Å². The first kappa shape index (κ1) is 23.2. The van der Waals surface area contributed by atoms with Crippen molar-refractivity contribution in [1.29, 1.82) is 0 Å². The van der Waals surface area contributed by atoms with Gasteiger partial charge in [-0.1, -0.05) is 5.92 Å². The predicted molar refractivity (Wildman–Crippen MR) is 115 cm³/mol. The van der Waals surface area contributed by atoms with Crippen molar-refractivity contribution in [3.8, 4) is 11.8 Å². The van der Waals surface area contributed by atoms with Gasteiger partial charge in [0.1, 0.15) is 0 Å². The number of carbonyl (C=O) groups excluding carboxylic acids is 2. The number of halogens is 1. The minimum absolute atomic E-state index is 0.339. The average Bonchev–Trinajstić information content (AvgIpc) is 2.66. The Labute approximate surface area is 177 Å². The summed E-state index contributed by atoms with van der Waals surface area (Å²) in [4.78, 5) is 30.0. The number of nitrogens with one attached hydrogen (secondary N) is 2. The van der Waals surface area contributed by atoms with Gasteiger partial charge in [0.2, 0.25) is 0 Å². The van der Waals surface area contributed by atoms with E-state index < -0.39 is 12.2 Å². The van der Waals surface area contributed by atoms with E-state index in [1.807, 2.05) is 0 Å². The summed E-state index contributed by atoms with van der Waals surface area (Å²) < 4.78 is 10.4. The predicted octanol–water partition coefficient (Wildman–Crippen LogP) is 4.28. The Kier molecular flexibility index (Phi) is 11.0. The van der Waals surface area contributed by atoms with Gasteiger partial charge >= 0.3 is 12.2 Å². The van der Waals surface area contributed by atoms with Gasteiger partial charge in [-0.3, -0.25) is 20.6 Å². The van der Waals surface area contributed by atoms with Crippen LogP contribution in [-0.4, -0.2) is 35.4 Å². The number of aromatic nitrogens is 2. The van der Waals surface area contributed by atoms with E-state index >= 15 is 0 Å². The minimum atomic E-state index is -0.483. The van der Waals surface area contributed by atoms with E-state index in [1.54, 1.807) is 57.7 Å². The molecule has 2 rings (SSSR count). The molecular formula is C19H21IN4O4. The molecule has 9 heteroatoms. The van der Waals surface area contributed by atoms with E-state index in [-0.39, 0.29) is 0 Å². The van der Waals surface area contributed by atoms with E-state index in [0.29, 0.717) is 30.2 Å². The first-order chi connectivity index (χ1) is 13.5. The number of hydrogen-bond donors (Lipinski definition) is 2. The van der Waals surface area contributed by atoms with E-state index in [9.17, 15) is 9.59 Å². The van der Waals surface area contributed by atoms with Crippen molar-refractivity contribution in [1.82, 2.24) is 9.97 Å². The highest BCUT2D eigenvalue weighted by Gasteiger charge is 2.05. The lowest BCUT2D eigenvalue weighted by Crippen LogP contribution is -2.14. The third-order valence-corrected chi connectivity index (χ3v) is 3.74. The van der Waals surface area contributed by atoms with Gasteiger partial charge in [0.05, 0.1) is 33.7 Å². The maximum atomic E-state index is 11.2. The summed E-state index contributed by atoms with van der Waals surface area (Å²) in [5.74, 6) is 5.59. The molecule has 148 valence electrons. The van der Waals surface area contributed by atoms with Gasteiger partial charge in [0.25, 0.3) is 0 Å². The zero-order valence-corrected chi connectivity index (χ0v) is 17.9. The zero-order chi connectivity index (χ0) is 20.8. The fraction of sp³-hybridized carbons (Fsp3) is 0.263. The highest BCUT2D eigenvalue weighted by molar-refractivity contribution is 14.1. The van der Waals surface area contributed by atoms with Gasteiger partial charge in [0.15, 0.2) is 0 Å². The quantitative estimate of drug-likeness (QED) is 0.484. The average molecular weight is 496 g/mol. The SMILES string of the molecule is CC#Cc1cnccc1NC(=O)OCC.CCOC(=O)Nc1ccncc1I. The summed E-state index contributed by atoms with van der Waals surface area (Å²) in [5.41, 5.74) is 2.00. The molecule has 0 bridgehead atoms. The van der Waals surface area contributed by atoms with Crippen LogP contribution in [-0.2, 0) is 9.47 Å². The van der Waals surface area contributed by atoms with Crippen molar-refractivity contribution in [3.05, 3.63) is 46.1 Å². The molecule has 0 aliphatic rings. The lowest BCUT2D eigenvalue weighted by Gasteiger charge is -2.06. The van der Waals surface area contributed by atoms with Gasteiger partial charge in [-0.05, 0) is 55.5 Å². The van der Waals surface area contributed by atoms with Crippen LogP contribution < -0.4 is 10.6 Å². The van der Waals surface area contributed by atoms with Crippen molar-refractivity contribution in [2.45, 2.75) is 20.8 Å². The molecule has 0 saturated carbocycles. The molecule has 2 N–H and O–H groups in total. The molecular weight excluding hydrogens is 475 g/mol. The van der Waals surface area contributed by atoms with Crippen LogP contribution in [0.5, 0.6) is 0 Å². The van der Waals surface area contributed by atoms with E-state index in [1.165, 1.54) is 0 Å². The summed E-state index contributed by atoms with van der Waals surface area (Å²) in [6, 6.07) is 3.40. The number of hydrogen-bond acceptors (Lipinski definition) is 6. The van der Waals surface area contributed by atoms with Gasteiger partial charge in [0, 0.05) is 24.8 Å². The molecule has 0 saturated heterocycles. The molecule has 0 fully saturated rings. The molecule has 2 aromatic heterocycles. The Bertz CT molecular complexity index is 849. The molecule has 0 aliphatic carbocycles. The maximum Gasteiger partial charge on any atom is 0.411 e. The maximum absolute atomic E-state index is 11.2. The Morgan fingerprint density at radius 2 is 1.54 bits per heavy atom. The smallest absolute Gasteiger partial charge is 0.411 e. The second kappa shape index (κ2) is 13.3. The van der Waals surface area contributed by atoms with Gasteiger partial charge in [-0.25, -0.2) is 9.59 Å². The van der Waals surface area contributed by atoms with Crippen LogP contribution in [0.25, 0.3) is 0 Å². The lowest BCUT2D eigenvalue weighted by atomic mass is 10.2. The molecule has 0 atom stereocenters. The number of carbonyl (C=O) groups is 2. The Morgan fingerprint density at radius 3 is 2.07 bits per heavy atom. The fourth-order valence-electron chi connectivity index (χ4n) is 1.77. The molecule has 2 aromatic rings. The third kappa shape index (κ3) is 8.68. The number of ether oxygens (including phenoxy) is 2. The largest absolute Gasteiger partial charge is 0.450 e. The normalized spacial score (nSPS) is 9.00. The zero-order valence-electron chi connectivity index (χ0n) is 15.8. The summed E-state index contributed by atoms with van der Waals surface area (Å²) >= 11 is 2.09. The van der Waals surface area contributed by atoms with E-state index in [2.05, 4.69) is 55.0 Å². The first-order valence-corrected chi connectivity index (χ1v) is 9.43. The van der Waals surface area contributed by atoms with Crippen molar-refractivity contribution < 1.29 is 19.1 Å². The molecule has 0 aliphatic heterocycles. The van der Waals surface area contributed by atoms with Gasteiger partial charge < -0.3 is 9.47 Å². The minimum Gasteiger partial charge on any atom is -0.450 e. The number of amides is 2. The van der Waals surface area contributed by atoms with Crippen LogP contribution in [0.1, 0.15) is 26.3 Å². The van der Waals surface area contributed by atoms with Crippen LogP contribution in [0.15, 0.2) is 36.9 Å². The molecule has 0 aromatic carbocycles. The molecule has 2 heterocycles. The Hall–Kier alpha value is -2.87. The van der Waals surface area contributed by atoms with Crippen LogP contribution in [0, 0.1) is 15.4 Å². The van der Waals surface area contributed by atoms with Crippen molar-refractivity contribution >= 4 is 46.2 Å². The summed E-state index contributed by atoms with van der Waals surface area (Å²) in [6.07, 6.45) is 5.54. The topological polar surface area (TPSA) is 102 Å². The highest BCUT2D eigenvalue weighted by atomic mass is 127. The first-order valence-electron chi connectivity index (χ1n) is 8.35. The third-order valence-electron chi connectivity index (χ3n) is 2.88. The van der Waals surface area contributed by atoms with Crippen LogP contribution >= 0.6 is 22.6 Å². The number of nitrogens with zero attached hydrogens (tertiary/aromatic N) is 2. The van der Waals surface area contributed by atoms with Crippen molar-refractivity contribution in [2.75, 3.05) is 23.8 Å². The summed E-state index contributed by atoms with van der Waals surface area (Å²) in [7, 11) is 0. The van der Waals surface area contributed by atoms with Crippen LogP contribution in [0.4, 0.5) is 21.0 Å². The van der Waals surface area contributed by atoms with Gasteiger partial charge in [-0.15, -0.1) is 5.92 Å². The number of pyridine rings is 2. The molecule has 8 nitrogen and oxygen atoms in total. The molecule has 0 spiro atoms. The molecule has 28 heavy (non-hydrogen) atoms. The summed E-state index contributed by atoms with van der Waals surface area (Å²) in [5, 5.41) is 5.20. The Morgan fingerprint density at radius 1 is 1.00 bits per heavy atom. The fourth-order valence-corrected chi connectivity index (χ4v) is 2.24. The van der Waals surface area contributed by atoms with E-state index in [0.717, 1.165) is 3.57 Å². The standard InChI is InChI=1S/C11H12N2O2.C8H9IN2O2/c1-3-5-9-8-12-7-6-10(9)13-11(14)15-4-2;1-2-13-8(12)11-7-3-4-10-5-6(7)9/h6-8H,4H2,1-2H3,(H,12,13,14);3-5H,2H2,1H3,(H,10,11,12). The van der Waals surface area contributed by atoms with E-state index in [4.69, 9.17) is 9.47 Å². The Balaban J connectivity index is 0.000000283. The molecule has 2 amide bonds. The number of rotatable bonds is 4. The van der Waals surface area contributed by atoms with Crippen molar-refractivity contribution in [2.24, 2.45) is 0 Å². The van der Waals surface area contributed by atoms with Crippen molar-refractivity contribution in [3.63, 3.8) is 0 Å². The van der Waals surface area contributed by atoms with Crippen LogP contribution in [0.2, 0.25) is 0 Å². The second-order valence-corrected chi connectivity index (χ2v) is 6.00. The summed E-state index contributed by atoms with van der Waals surface area (Å²) in [6.45, 7) is 5.94. The highest BCUT2D eigenvalue weighted by Crippen LogP contribution is 2.15.